The summed E-state index contributed by atoms with van der Waals surface area (Å²) in [6, 6.07) is 20.3. The minimum absolute atomic E-state index is 0.167. The fraction of sp³-hybridized carbons (Fsp3) is 0.120. The van der Waals surface area contributed by atoms with Gasteiger partial charge in [-0.3, -0.25) is 0 Å². The zero-order valence-corrected chi connectivity index (χ0v) is 18.0. The predicted octanol–water partition coefficient (Wildman–Crippen LogP) is 6.70. The molecule has 3 aromatic carbocycles. The van der Waals surface area contributed by atoms with Crippen molar-refractivity contribution in [3.8, 4) is 11.5 Å². The van der Waals surface area contributed by atoms with Crippen molar-refractivity contribution in [1.29, 1.82) is 0 Å². The number of phenolic OH excluding ortho intramolecular Hbond substituents is 1. The van der Waals surface area contributed by atoms with E-state index >= 15 is 0 Å². The van der Waals surface area contributed by atoms with E-state index in [1.54, 1.807) is 0 Å². The van der Waals surface area contributed by atoms with Crippen molar-refractivity contribution in [2.24, 2.45) is 0 Å². The summed E-state index contributed by atoms with van der Waals surface area (Å²) in [5, 5.41) is 13.4. The summed E-state index contributed by atoms with van der Waals surface area (Å²) in [5.74, 6) is 0.459. The molecule has 0 aliphatic heterocycles. The molecule has 4 nitrogen and oxygen atoms in total. The average molecular weight is 461 g/mol. The summed E-state index contributed by atoms with van der Waals surface area (Å²) in [4.78, 5) is 6.77. The summed E-state index contributed by atoms with van der Waals surface area (Å²) >= 11 is 3.60. The highest BCUT2D eigenvalue weighted by atomic mass is 79.9. The summed E-state index contributed by atoms with van der Waals surface area (Å²) in [7, 11) is 0. The minimum atomic E-state index is -0.186. The maximum absolute atomic E-state index is 11.2. The van der Waals surface area contributed by atoms with E-state index in [-0.39, 0.29) is 11.7 Å². The third kappa shape index (κ3) is 3.06. The third-order valence-electron chi connectivity index (χ3n) is 5.54. The van der Waals surface area contributed by atoms with E-state index in [1.165, 1.54) is 0 Å². The Morgan fingerprint density at radius 3 is 2.00 bits per heavy atom. The molecule has 0 atom stereocenters. The maximum atomic E-state index is 11.2. The van der Waals surface area contributed by atoms with Crippen LogP contribution >= 0.6 is 15.9 Å². The van der Waals surface area contributed by atoms with E-state index < -0.39 is 0 Å². The molecule has 5 heteroatoms. The number of nitrogens with one attached hydrogen (secondary N) is 2. The van der Waals surface area contributed by atoms with Crippen LogP contribution in [0.25, 0.3) is 21.8 Å². The molecule has 0 radical (unpaired) electrons. The molecule has 0 amide bonds. The molecule has 0 aliphatic rings. The number of ether oxygens (including phenoxy) is 1. The third-order valence-corrected chi connectivity index (χ3v) is 6.00. The molecule has 0 aliphatic carbocycles. The molecule has 2 heterocycles. The molecule has 2 aromatic heterocycles. The van der Waals surface area contributed by atoms with Crippen LogP contribution in [0.1, 0.15) is 29.5 Å². The molecule has 0 fully saturated rings. The molecule has 5 aromatic rings. The van der Waals surface area contributed by atoms with Gasteiger partial charge in [-0.15, -0.1) is 0 Å². The molecule has 150 valence electrons. The van der Waals surface area contributed by atoms with Crippen LogP contribution in [0.3, 0.4) is 0 Å². The number of benzene rings is 3. The first-order valence-electron chi connectivity index (χ1n) is 9.94. The number of rotatable bonds is 5. The van der Waals surface area contributed by atoms with Crippen LogP contribution < -0.4 is 4.74 Å². The van der Waals surface area contributed by atoms with Gasteiger partial charge in [0.25, 0.3) is 0 Å². The summed E-state index contributed by atoms with van der Waals surface area (Å²) in [6.07, 6.45) is 4.08. The number of hydrogen-bond acceptors (Lipinski definition) is 2. The molecule has 0 spiro atoms. The van der Waals surface area contributed by atoms with Gasteiger partial charge in [0.1, 0.15) is 0 Å². The monoisotopic (exact) mass is 460 g/mol. The number of phenols is 1. The van der Waals surface area contributed by atoms with Crippen molar-refractivity contribution >= 4 is 37.7 Å². The lowest BCUT2D eigenvalue weighted by Crippen LogP contribution is -2.04. The Bertz CT molecular complexity index is 1280. The molecule has 0 saturated heterocycles. The van der Waals surface area contributed by atoms with Crippen LogP contribution in [-0.2, 0) is 0 Å². The minimum Gasteiger partial charge on any atom is -0.504 e. The molecular weight excluding hydrogens is 440 g/mol. The molecule has 0 unspecified atom stereocenters. The van der Waals surface area contributed by atoms with Crippen molar-refractivity contribution in [3.63, 3.8) is 0 Å². The number of aromatic hydroxyl groups is 1. The average Bonchev–Trinajstić information content (AvgIpc) is 3.37. The highest BCUT2D eigenvalue weighted by Gasteiger charge is 2.27. The van der Waals surface area contributed by atoms with E-state index in [1.807, 2.05) is 55.7 Å². The van der Waals surface area contributed by atoms with Crippen molar-refractivity contribution in [1.82, 2.24) is 9.97 Å². The zero-order chi connectivity index (χ0) is 20.7. The Morgan fingerprint density at radius 1 is 0.867 bits per heavy atom. The van der Waals surface area contributed by atoms with Crippen LogP contribution in [0.2, 0.25) is 0 Å². The zero-order valence-electron chi connectivity index (χ0n) is 16.4. The van der Waals surface area contributed by atoms with Crippen LogP contribution in [0.5, 0.6) is 11.5 Å². The topological polar surface area (TPSA) is 61.0 Å². The Hall–Kier alpha value is -3.18. The Labute approximate surface area is 182 Å². The quantitative estimate of drug-likeness (QED) is 0.273. The number of H-pyrrole nitrogens is 2. The Balaban J connectivity index is 1.82. The van der Waals surface area contributed by atoms with Gasteiger partial charge in [0, 0.05) is 50.2 Å². The van der Waals surface area contributed by atoms with Crippen molar-refractivity contribution in [3.05, 3.63) is 94.2 Å². The first-order chi connectivity index (χ1) is 14.7. The van der Waals surface area contributed by atoms with Crippen LogP contribution in [0.4, 0.5) is 0 Å². The number of aromatic amines is 2. The number of hydrogen-bond donors (Lipinski definition) is 3. The molecule has 5 rings (SSSR count). The SMILES string of the molecule is CCOc1cc(Br)cc(C(c2c[nH]c3ccccc23)c2c[nH]c3ccccc23)c1O. The first-order valence-corrected chi connectivity index (χ1v) is 10.7. The second-order valence-electron chi connectivity index (χ2n) is 7.29. The molecule has 3 N–H and O–H groups in total. The highest BCUT2D eigenvalue weighted by Crippen LogP contribution is 2.46. The summed E-state index contributed by atoms with van der Waals surface area (Å²) < 4.78 is 6.59. The van der Waals surface area contributed by atoms with Gasteiger partial charge >= 0.3 is 0 Å². The van der Waals surface area contributed by atoms with Gasteiger partial charge in [0.2, 0.25) is 0 Å². The molecule has 0 bridgehead atoms. The molecular formula is C25H21BrN2O2. The smallest absolute Gasteiger partial charge is 0.162 e. The first kappa shape index (κ1) is 18.8. The lowest BCUT2D eigenvalue weighted by atomic mass is 9.84. The number of aromatic nitrogens is 2. The van der Waals surface area contributed by atoms with Crippen molar-refractivity contribution in [2.75, 3.05) is 6.61 Å². The predicted molar refractivity (Wildman–Crippen MR) is 125 cm³/mol. The maximum Gasteiger partial charge on any atom is 0.162 e. The van der Waals surface area contributed by atoms with Crippen LogP contribution in [0, 0.1) is 0 Å². The van der Waals surface area contributed by atoms with Crippen molar-refractivity contribution in [2.45, 2.75) is 12.8 Å². The summed E-state index contributed by atoms with van der Waals surface area (Å²) in [6.45, 7) is 2.39. The lowest BCUT2D eigenvalue weighted by Gasteiger charge is -2.20. The van der Waals surface area contributed by atoms with Crippen LogP contribution in [0.15, 0.2) is 77.5 Å². The normalized spacial score (nSPS) is 11.6. The van der Waals surface area contributed by atoms with Gasteiger partial charge in [-0.2, -0.15) is 0 Å². The van der Waals surface area contributed by atoms with E-state index in [9.17, 15) is 5.11 Å². The molecule has 0 saturated carbocycles. The van der Waals surface area contributed by atoms with E-state index in [4.69, 9.17) is 4.74 Å². The van der Waals surface area contributed by atoms with Gasteiger partial charge < -0.3 is 19.8 Å². The van der Waals surface area contributed by atoms with Gasteiger partial charge in [-0.1, -0.05) is 52.3 Å². The van der Waals surface area contributed by atoms with E-state index in [2.05, 4.69) is 50.2 Å². The van der Waals surface area contributed by atoms with Gasteiger partial charge in [-0.05, 0) is 42.3 Å². The number of para-hydroxylation sites is 2. The molecule has 30 heavy (non-hydrogen) atoms. The van der Waals surface area contributed by atoms with E-state index in [0.717, 1.165) is 43.0 Å². The Morgan fingerprint density at radius 2 is 1.43 bits per heavy atom. The van der Waals surface area contributed by atoms with Gasteiger partial charge in [0.15, 0.2) is 11.5 Å². The lowest BCUT2D eigenvalue weighted by molar-refractivity contribution is 0.316. The highest BCUT2D eigenvalue weighted by molar-refractivity contribution is 9.10. The second-order valence-corrected chi connectivity index (χ2v) is 8.20. The standard InChI is InChI=1S/C25H21BrN2O2/c1-2-30-23-12-15(26)11-18(25(23)29)24(19-13-27-21-9-5-3-7-16(19)21)20-14-28-22-10-6-4-8-17(20)22/h3-14,24,27-29H,2H2,1H3. The van der Waals surface area contributed by atoms with Crippen molar-refractivity contribution < 1.29 is 9.84 Å². The fourth-order valence-corrected chi connectivity index (χ4v) is 4.70. The van der Waals surface area contributed by atoms with Gasteiger partial charge in [0.05, 0.1) is 6.61 Å². The largest absolute Gasteiger partial charge is 0.504 e. The number of fused-ring (bicyclic) bond motifs is 2. The summed E-state index contributed by atoms with van der Waals surface area (Å²) in [5.41, 5.74) is 5.13. The number of halogens is 1. The van der Waals surface area contributed by atoms with E-state index in [0.29, 0.717) is 12.4 Å². The fourth-order valence-electron chi connectivity index (χ4n) is 4.25. The second kappa shape index (κ2) is 7.58. The van der Waals surface area contributed by atoms with Gasteiger partial charge in [-0.25, -0.2) is 0 Å². The Kier molecular flexibility index (Phi) is 4.75. The van der Waals surface area contributed by atoms with Crippen LogP contribution in [-0.4, -0.2) is 21.7 Å².